The summed E-state index contributed by atoms with van der Waals surface area (Å²) in [6, 6.07) is 7.60. The van der Waals surface area contributed by atoms with E-state index < -0.39 is 0 Å². The number of esters is 1. The van der Waals surface area contributed by atoms with Gasteiger partial charge in [-0.1, -0.05) is 19.1 Å². The van der Waals surface area contributed by atoms with Crippen LogP contribution in [0.15, 0.2) is 24.3 Å². The monoisotopic (exact) mass is 265 g/mol. The fourth-order valence-corrected chi connectivity index (χ4v) is 1.99. The molecule has 0 saturated heterocycles. The van der Waals surface area contributed by atoms with Crippen LogP contribution in [0.25, 0.3) is 0 Å². The van der Waals surface area contributed by atoms with Crippen LogP contribution >= 0.6 is 0 Å². The number of likely N-dealkylation sites (N-methyl/N-ethyl adjacent to an activating group) is 1. The van der Waals surface area contributed by atoms with Gasteiger partial charge in [-0.05, 0) is 18.7 Å². The Balaban J connectivity index is 1.92. The highest BCUT2D eigenvalue weighted by Gasteiger charge is 2.23. The van der Waals surface area contributed by atoms with Gasteiger partial charge < -0.3 is 14.2 Å². The Morgan fingerprint density at radius 2 is 2.16 bits per heavy atom. The maximum atomic E-state index is 11.3. The summed E-state index contributed by atoms with van der Waals surface area (Å²) < 4.78 is 16.2. The van der Waals surface area contributed by atoms with Crippen LogP contribution in [-0.4, -0.2) is 50.3 Å². The van der Waals surface area contributed by atoms with Gasteiger partial charge in [0.15, 0.2) is 11.5 Å². The van der Waals surface area contributed by atoms with Crippen molar-refractivity contribution in [3.63, 3.8) is 0 Å². The number of nitrogens with zero attached hydrogens (tertiary/aromatic N) is 1. The fourth-order valence-electron chi connectivity index (χ4n) is 1.99. The van der Waals surface area contributed by atoms with Crippen molar-refractivity contribution in [2.24, 2.45) is 0 Å². The molecule has 1 unspecified atom stereocenters. The van der Waals surface area contributed by atoms with Crippen molar-refractivity contribution < 1.29 is 19.0 Å². The minimum atomic E-state index is -0.237. The van der Waals surface area contributed by atoms with Gasteiger partial charge in [0.25, 0.3) is 0 Å². The molecule has 5 nitrogen and oxygen atoms in total. The van der Waals surface area contributed by atoms with Crippen LogP contribution in [0.4, 0.5) is 0 Å². The van der Waals surface area contributed by atoms with E-state index in [9.17, 15) is 4.79 Å². The first-order valence-electron chi connectivity index (χ1n) is 6.40. The number of ether oxygens (including phenoxy) is 3. The van der Waals surface area contributed by atoms with Gasteiger partial charge in [0.05, 0.1) is 13.7 Å². The van der Waals surface area contributed by atoms with E-state index in [2.05, 4.69) is 4.74 Å². The predicted molar refractivity (Wildman–Crippen MR) is 70.5 cm³/mol. The zero-order valence-electron chi connectivity index (χ0n) is 11.3. The largest absolute Gasteiger partial charge is 0.486 e. The molecule has 0 fully saturated rings. The first-order chi connectivity index (χ1) is 9.22. The van der Waals surface area contributed by atoms with Crippen LogP contribution in [0, 0.1) is 0 Å². The van der Waals surface area contributed by atoms with E-state index in [0.29, 0.717) is 13.2 Å². The third-order valence-corrected chi connectivity index (χ3v) is 3.06. The molecule has 1 aliphatic heterocycles. The minimum Gasteiger partial charge on any atom is -0.486 e. The zero-order valence-corrected chi connectivity index (χ0v) is 11.3. The van der Waals surface area contributed by atoms with Crippen LogP contribution in [0.5, 0.6) is 11.5 Å². The minimum absolute atomic E-state index is 0.0699. The van der Waals surface area contributed by atoms with Crippen LogP contribution in [0.1, 0.15) is 6.92 Å². The second kappa shape index (κ2) is 6.43. The lowest BCUT2D eigenvalue weighted by Crippen LogP contribution is -2.43. The molecule has 1 aromatic rings. The Kier molecular flexibility index (Phi) is 4.63. The molecule has 0 aromatic heterocycles. The van der Waals surface area contributed by atoms with Gasteiger partial charge in [0.2, 0.25) is 0 Å². The summed E-state index contributed by atoms with van der Waals surface area (Å²) >= 11 is 0. The Morgan fingerprint density at radius 3 is 2.84 bits per heavy atom. The number of carbonyl (C=O) groups is 1. The number of para-hydroxylation sites is 2. The standard InChI is InChI=1S/C14H19NO4/c1-3-15(9-14(16)17-2)8-11-10-18-12-6-4-5-7-13(12)19-11/h4-7,11H,3,8-10H2,1-2H3. The van der Waals surface area contributed by atoms with Crippen LogP contribution in [-0.2, 0) is 9.53 Å². The normalized spacial score (nSPS) is 17.3. The summed E-state index contributed by atoms with van der Waals surface area (Å²) in [5, 5.41) is 0. The van der Waals surface area contributed by atoms with E-state index >= 15 is 0 Å². The van der Waals surface area contributed by atoms with E-state index in [0.717, 1.165) is 18.0 Å². The molecule has 0 N–H and O–H groups in total. The molecule has 104 valence electrons. The smallest absolute Gasteiger partial charge is 0.319 e. The van der Waals surface area contributed by atoms with Crippen molar-refractivity contribution in [1.82, 2.24) is 4.90 Å². The average molecular weight is 265 g/mol. The van der Waals surface area contributed by atoms with Gasteiger partial charge in [-0.25, -0.2) is 0 Å². The number of carbonyl (C=O) groups excluding carboxylic acids is 1. The molecular formula is C14H19NO4. The van der Waals surface area contributed by atoms with E-state index in [1.807, 2.05) is 36.1 Å². The molecule has 0 amide bonds. The number of hydrogen-bond donors (Lipinski definition) is 0. The lowest BCUT2D eigenvalue weighted by molar-refractivity contribution is -0.142. The third-order valence-electron chi connectivity index (χ3n) is 3.06. The lowest BCUT2D eigenvalue weighted by atomic mass is 10.2. The lowest BCUT2D eigenvalue weighted by Gasteiger charge is -2.30. The second-order valence-corrected chi connectivity index (χ2v) is 4.40. The van der Waals surface area contributed by atoms with Crippen LogP contribution < -0.4 is 9.47 Å². The number of fused-ring (bicyclic) bond motifs is 1. The van der Waals surface area contributed by atoms with E-state index in [-0.39, 0.29) is 18.6 Å². The number of benzene rings is 1. The molecule has 1 aliphatic rings. The molecule has 19 heavy (non-hydrogen) atoms. The molecule has 5 heteroatoms. The van der Waals surface area contributed by atoms with E-state index in [1.165, 1.54) is 7.11 Å². The maximum absolute atomic E-state index is 11.3. The first kappa shape index (κ1) is 13.7. The number of hydrogen-bond acceptors (Lipinski definition) is 5. The molecule has 1 atom stereocenters. The maximum Gasteiger partial charge on any atom is 0.319 e. The van der Waals surface area contributed by atoms with Gasteiger partial charge in [0.1, 0.15) is 12.7 Å². The SMILES string of the molecule is CCN(CC(=O)OC)CC1COc2ccccc2O1. The summed E-state index contributed by atoms with van der Waals surface area (Å²) in [5.74, 6) is 1.29. The molecule has 1 heterocycles. The summed E-state index contributed by atoms with van der Waals surface area (Å²) in [6.45, 7) is 4.17. The van der Waals surface area contributed by atoms with Gasteiger partial charge in [0, 0.05) is 6.54 Å². The first-order valence-corrected chi connectivity index (χ1v) is 6.40. The Hall–Kier alpha value is -1.75. The molecular weight excluding hydrogens is 246 g/mol. The Bertz CT molecular complexity index is 435. The van der Waals surface area contributed by atoms with Crippen LogP contribution in [0.3, 0.4) is 0 Å². The summed E-state index contributed by atoms with van der Waals surface area (Å²) in [7, 11) is 1.40. The van der Waals surface area contributed by atoms with Crippen molar-refractivity contribution in [2.45, 2.75) is 13.0 Å². The summed E-state index contributed by atoms with van der Waals surface area (Å²) in [5.41, 5.74) is 0. The molecule has 1 aromatic carbocycles. The molecule has 0 bridgehead atoms. The van der Waals surface area contributed by atoms with Gasteiger partial charge in [-0.15, -0.1) is 0 Å². The average Bonchev–Trinajstić information content (AvgIpc) is 2.46. The van der Waals surface area contributed by atoms with Gasteiger partial charge in [-0.3, -0.25) is 9.69 Å². The topological polar surface area (TPSA) is 48.0 Å². The van der Waals surface area contributed by atoms with Crippen molar-refractivity contribution in [1.29, 1.82) is 0 Å². The third kappa shape index (κ3) is 3.61. The van der Waals surface area contributed by atoms with Crippen molar-refractivity contribution >= 4 is 5.97 Å². The Labute approximate surface area is 113 Å². The summed E-state index contributed by atoms with van der Waals surface area (Å²) in [4.78, 5) is 13.3. The molecule has 0 radical (unpaired) electrons. The number of methoxy groups -OCH3 is 1. The van der Waals surface area contributed by atoms with Crippen molar-refractivity contribution in [3.05, 3.63) is 24.3 Å². The highest BCUT2D eigenvalue weighted by Crippen LogP contribution is 2.30. The van der Waals surface area contributed by atoms with E-state index in [4.69, 9.17) is 9.47 Å². The number of rotatable bonds is 5. The molecule has 2 rings (SSSR count). The molecule has 0 spiro atoms. The predicted octanol–water partition coefficient (Wildman–Crippen LogP) is 1.32. The van der Waals surface area contributed by atoms with Crippen LogP contribution in [0.2, 0.25) is 0 Å². The molecule has 0 saturated carbocycles. The quantitative estimate of drug-likeness (QED) is 0.751. The second-order valence-electron chi connectivity index (χ2n) is 4.40. The van der Waals surface area contributed by atoms with Gasteiger partial charge >= 0.3 is 5.97 Å². The van der Waals surface area contributed by atoms with Crippen molar-refractivity contribution in [2.75, 3.05) is 33.4 Å². The van der Waals surface area contributed by atoms with Gasteiger partial charge in [-0.2, -0.15) is 0 Å². The highest BCUT2D eigenvalue weighted by molar-refractivity contribution is 5.71. The zero-order chi connectivity index (χ0) is 13.7. The molecule has 0 aliphatic carbocycles. The van der Waals surface area contributed by atoms with Crippen molar-refractivity contribution in [3.8, 4) is 11.5 Å². The van der Waals surface area contributed by atoms with E-state index in [1.54, 1.807) is 0 Å². The Morgan fingerprint density at radius 1 is 1.42 bits per heavy atom. The summed E-state index contributed by atoms with van der Waals surface area (Å²) in [6.07, 6.45) is -0.0699. The fraction of sp³-hybridized carbons (Fsp3) is 0.500. The highest BCUT2D eigenvalue weighted by atomic mass is 16.6.